The summed E-state index contributed by atoms with van der Waals surface area (Å²) in [6, 6.07) is 0. The summed E-state index contributed by atoms with van der Waals surface area (Å²) >= 11 is 0. The summed E-state index contributed by atoms with van der Waals surface area (Å²) in [5.41, 5.74) is 0. The number of hydrogen-bond donors (Lipinski definition) is 0. The Labute approximate surface area is 412 Å². The van der Waals surface area contributed by atoms with Gasteiger partial charge in [-0.1, -0.05) is 281 Å². The standard InChI is InChI=1S/C61H112O5/c1-4-7-10-13-16-19-22-25-28-29-30-31-32-35-38-41-44-47-50-53-56-64-57-59(66-61(63)55-52-49-46-43-40-37-34-27-24-21-18-15-12-9-6-3)58-65-60(62)54-51-48-45-42-39-36-33-26-23-20-17-14-11-8-5-2/h8,11,17,20,26,33,39,42,59H,4-7,9-10,12-16,18-19,21-25,27-32,34-38,40-41,43-58H2,1-3H3/b11-8-,20-17-,33-26-,42-39-. The first-order valence-corrected chi connectivity index (χ1v) is 29.2. The summed E-state index contributed by atoms with van der Waals surface area (Å²) in [5.74, 6) is -0.427. The average molecular weight is 926 g/mol. The van der Waals surface area contributed by atoms with E-state index in [1.54, 1.807) is 0 Å². The smallest absolute Gasteiger partial charge is 0.306 e. The first-order chi connectivity index (χ1) is 32.6. The third kappa shape index (κ3) is 54.5. The van der Waals surface area contributed by atoms with E-state index >= 15 is 0 Å². The van der Waals surface area contributed by atoms with Crippen molar-refractivity contribution in [2.75, 3.05) is 19.8 Å². The molecule has 0 heterocycles. The van der Waals surface area contributed by atoms with Crippen LogP contribution >= 0.6 is 0 Å². The van der Waals surface area contributed by atoms with Crippen LogP contribution in [0.2, 0.25) is 0 Å². The second-order valence-electron chi connectivity index (χ2n) is 19.5. The second kappa shape index (κ2) is 57.2. The quantitative estimate of drug-likeness (QED) is 0.0345. The van der Waals surface area contributed by atoms with Crippen LogP contribution in [0.5, 0.6) is 0 Å². The van der Waals surface area contributed by atoms with Gasteiger partial charge in [-0.3, -0.25) is 9.59 Å². The molecule has 5 nitrogen and oxygen atoms in total. The van der Waals surface area contributed by atoms with Gasteiger partial charge in [-0.25, -0.2) is 0 Å². The summed E-state index contributed by atoms with van der Waals surface area (Å²) in [6.45, 7) is 7.73. The van der Waals surface area contributed by atoms with E-state index in [2.05, 4.69) is 69.4 Å². The van der Waals surface area contributed by atoms with E-state index < -0.39 is 6.10 Å². The molecular formula is C61H112O5. The molecule has 0 saturated carbocycles. The van der Waals surface area contributed by atoms with Crippen LogP contribution in [-0.4, -0.2) is 37.9 Å². The topological polar surface area (TPSA) is 61.8 Å². The molecule has 0 N–H and O–H groups in total. The van der Waals surface area contributed by atoms with E-state index in [-0.39, 0.29) is 25.2 Å². The molecule has 1 atom stereocenters. The minimum Gasteiger partial charge on any atom is -0.462 e. The van der Waals surface area contributed by atoms with Crippen molar-refractivity contribution in [3.05, 3.63) is 48.6 Å². The average Bonchev–Trinajstić information content (AvgIpc) is 3.32. The fraction of sp³-hybridized carbons (Fsp3) is 0.836. The van der Waals surface area contributed by atoms with E-state index in [1.165, 1.54) is 199 Å². The molecule has 0 aromatic carbocycles. The molecule has 386 valence electrons. The number of rotatable bonds is 54. The van der Waals surface area contributed by atoms with Crippen molar-refractivity contribution in [3.8, 4) is 0 Å². The Bertz CT molecular complexity index is 1090. The molecule has 0 aliphatic rings. The third-order valence-electron chi connectivity index (χ3n) is 12.9. The van der Waals surface area contributed by atoms with Crippen LogP contribution in [0.4, 0.5) is 0 Å². The maximum Gasteiger partial charge on any atom is 0.306 e. The lowest BCUT2D eigenvalue weighted by atomic mass is 10.0. The van der Waals surface area contributed by atoms with Gasteiger partial charge in [0.15, 0.2) is 6.10 Å². The zero-order valence-corrected chi connectivity index (χ0v) is 44.5. The van der Waals surface area contributed by atoms with Crippen LogP contribution in [-0.2, 0) is 23.8 Å². The van der Waals surface area contributed by atoms with Gasteiger partial charge < -0.3 is 14.2 Å². The van der Waals surface area contributed by atoms with Crippen LogP contribution in [0.3, 0.4) is 0 Å². The predicted octanol–water partition coefficient (Wildman–Crippen LogP) is 19.9. The number of allylic oxidation sites excluding steroid dienone is 8. The molecule has 66 heavy (non-hydrogen) atoms. The number of esters is 2. The second-order valence-corrected chi connectivity index (χ2v) is 19.5. The molecule has 0 amide bonds. The highest BCUT2D eigenvalue weighted by Gasteiger charge is 2.17. The van der Waals surface area contributed by atoms with Crippen molar-refractivity contribution >= 4 is 11.9 Å². The van der Waals surface area contributed by atoms with Crippen molar-refractivity contribution in [1.29, 1.82) is 0 Å². The number of carbonyl (C=O) groups is 2. The van der Waals surface area contributed by atoms with Crippen LogP contribution in [0.1, 0.15) is 303 Å². The van der Waals surface area contributed by atoms with Gasteiger partial charge in [0.05, 0.1) is 6.61 Å². The zero-order chi connectivity index (χ0) is 47.7. The fourth-order valence-corrected chi connectivity index (χ4v) is 8.56. The number of carbonyl (C=O) groups excluding carboxylic acids is 2. The minimum absolute atomic E-state index is 0.0690. The van der Waals surface area contributed by atoms with E-state index in [9.17, 15) is 9.59 Å². The van der Waals surface area contributed by atoms with Crippen LogP contribution in [0.25, 0.3) is 0 Å². The predicted molar refractivity (Wildman–Crippen MR) is 288 cm³/mol. The normalized spacial score (nSPS) is 12.5. The highest BCUT2D eigenvalue weighted by Crippen LogP contribution is 2.17. The molecule has 0 aliphatic heterocycles. The SMILES string of the molecule is CC/C=C\C/C=C\C/C=C\C/C=C\CCCCC(=O)OCC(COCCCCCCCCCCCCCCCCCCCCCC)OC(=O)CCCCCCCCCCCCCCCCC. The number of ether oxygens (including phenoxy) is 3. The molecule has 5 heteroatoms. The van der Waals surface area contributed by atoms with E-state index in [4.69, 9.17) is 14.2 Å². The summed E-state index contributed by atoms with van der Waals surface area (Å²) in [6.07, 6.45) is 71.4. The van der Waals surface area contributed by atoms with Gasteiger partial charge in [-0.05, 0) is 57.8 Å². The molecule has 0 radical (unpaired) electrons. The van der Waals surface area contributed by atoms with Crippen LogP contribution in [0.15, 0.2) is 48.6 Å². The molecule has 0 aliphatic carbocycles. The Balaban J connectivity index is 4.25. The molecule has 0 spiro atoms. The Morgan fingerprint density at radius 1 is 0.348 bits per heavy atom. The maximum atomic E-state index is 12.9. The van der Waals surface area contributed by atoms with Crippen molar-refractivity contribution in [2.45, 2.75) is 309 Å². The van der Waals surface area contributed by atoms with Gasteiger partial charge in [-0.15, -0.1) is 0 Å². The molecule has 0 aromatic rings. The molecule has 0 bridgehead atoms. The molecule has 0 aromatic heterocycles. The lowest BCUT2D eigenvalue weighted by Crippen LogP contribution is -2.30. The first kappa shape index (κ1) is 63.9. The zero-order valence-electron chi connectivity index (χ0n) is 44.5. The Hall–Kier alpha value is -2.14. The molecule has 0 rings (SSSR count). The van der Waals surface area contributed by atoms with Crippen molar-refractivity contribution in [1.82, 2.24) is 0 Å². The number of unbranched alkanes of at least 4 members (excludes halogenated alkanes) is 35. The third-order valence-corrected chi connectivity index (χ3v) is 12.9. The van der Waals surface area contributed by atoms with Gasteiger partial charge in [-0.2, -0.15) is 0 Å². The van der Waals surface area contributed by atoms with Crippen molar-refractivity contribution < 1.29 is 23.8 Å². The van der Waals surface area contributed by atoms with E-state index in [0.29, 0.717) is 19.4 Å². The van der Waals surface area contributed by atoms with Gasteiger partial charge in [0.25, 0.3) is 0 Å². The monoisotopic (exact) mass is 925 g/mol. The van der Waals surface area contributed by atoms with Crippen molar-refractivity contribution in [2.24, 2.45) is 0 Å². The van der Waals surface area contributed by atoms with Crippen LogP contribution < -0.4 is 0 Å². The Morgan fingerprint density at radius 2 is 0.682 bits per heavy atom. The van der Waals surface area contributed by atoms with E-state index in [0.717, 1.165) is 70.6 Å². The van der Waals surface area contributed by atoms with Gasteiger partial charge >= 0.3 is 11.9 Å². The Kier molecular flexibility index (Phi) is 55.3. The highest BCUT2D eigenvalue weighted by atomic mass is 16.6. The summed E-state index contributed by atoms with van der Waals surface area (Å²) in [5, 5.41) is 0. The molecular weight excluding hydrogens is 813 g/mol. The number of hydrogen-bond acceptors (Lipinski definition) is 5. The molecule has 0 saturated heterocycles. The molecule has 1 unspecified atom stereocenters. The summed E-state index contributed by atoms with van der Waals surface area (Å²) in [7, 11) is 0. The fourth-order valence-electron chi connectivity index (χ4n) is 8.56. The summed E-state index contributed by atoms with van der Waals surface area (Å²) in [4.78, 5) is 25.5. The highest BCUT2D eigenvalue weighted by molar-refractivity contribution is 5.70. The van der Waals surface area contributed by atoms with Crippen molar-refractivity contribution in [3.63, 3.8) is 0 Å². The van der Waals surface area contributed by atoms with Gasteiger partial charge in [0, 0.05) is 19.4 Å². The summed E-state index contributed by atoms with van der Waals surface area (Å²) < 4.78 is 17.5. The Morgan fingerprint density at radius 3 is 1.09 bits per heavy atom. The first-order valence-electron chi connectivity index (χ1n) is 29.2. The van der Waals surface area contributed by atoms with E-state index in [1.807, 2.05) is 0 Å². The lowest BCUT2D eigenvalue weighted by Gasteiger charge is -2.18. The maximum absolute atomic E-state index is 12.9. The van der Waals surface area contributed by atoms with Gasteiger partial charge in [0.1, 0.15) is 6.61 Å². The largest absolute Gasteiger partial charge is 0.462 e. The molecule has 0 fully saturated rings. The minimum atomic E-state index is -0.549. The van der Waals surface area contributed by atoms with Crippen LogP contribution in [0, 0.1) is 0 Å². The lowest BCUT2D eigenvalue weighted by molar-refractivity contribution is -0.163. The van der Waals surface area contributed by atoms with Gasteiger partial charge in [0.2, 0.25) is 0 Å².